The van der Waals surface area contributed by atoms with Crippen molar-refractivity contribution in [2.45, 2.75) is 20.8 Å². The zero-order valence-electron chi connectivity index (χ0n) is 18.3. The van der Waals surface area contributed by atoms with E-state index in [1.54, 1.807) is 0 Å². The Bertz CT molecular complexity index is 1040. The van der Waals surface area contributed by atoms with E-state index in [2.05, 4.69) is 47.1 Å². The van der Waals surface area contributed by atoms with Crippen molar-refractivity contribution in [2.24, 2.45) is 0 Å². The normalized spacial score (nSPS) is 13.9. The molecule has 4 rings (SSSR count). The van der Waals surface area contributed by atoms with E-state index in [1.807, 2.05) is 48.2 Å². The lowest BCUT2D eigenvalue weighted by Crippen LogP contribution is -2.49. The highest BCUT2D eigenvalue weighted by Crippen LogP contribution is 2.22. The standard InChI is InChI=1S/C25H28N4O2/c1-4-31-22-9-7-20(8-10-22)25(30)29-15-13-28(14-16-29)24-12-11-23(26-27-24)21-6-5-18(2)19(3)17-21/h5-12,17H,4,13-16H2,1-3H3. The monoisotopic (exact) mass is 416 g/mol. The van der Waals surface area contributed by atoms with Gasteiger partial charge in [-0.15, -0.1) is 10.2 Å². The summed E-state index contributed by atoms with van der Waals surface area (Å²) in [6, 6.07) is 17.7. The summed E-state index contributed by atoms with van der Waals surface area (Å²) in [7, 11) is 0. The molecule has 0 atom stereocenters. The van der Waals surface area contributed by atoms with Gasteiger partial charge in [-0.1, -0.05) is 12.1 Å². The van der Waals surface area contributed by atoms with E-state index in [-0.39, 0.29) is 5.91 Å². The Morgan fingerprint density at radius 3 is 2.26 bits per heavy atom. The second-order valence-electron chi connectivity index (χ2n) is 7.81. The van der Waals surface area contributed by atoms with Crippen molar-refractivity contribution in [3.05, 3.63) is 71.3 Å². The van der Waals surface area contributed by atoms with Crippen LogP contribution in [-0.2, 0) is 0 Å². The van der Waals surface area contributed by atoms with Crippen LogP contribution in [0.4, 0.5) is 5.82 Å². The molecule has 2 heterocycles. The highest BCUT2D eigenvalue weighted by atomic mass is 16.5. The van der Waals surface area contributed by atoms with Crippen LogP contribution in [-0.4, -0.2) is 53.8 Å². The van der Waals surface area contributed by atoms with Gasteiger partial charge in [-0.05, 0) is 74.4 Å². The predicted molar refractivity (Wildman–Crippen MR) is 123 cm³/mol. The summed E-state index contributed by atoms with van der Waals surface area (Å²) >= 11 is 0. The number of carbonyl (C=O) groups excluding carboxylic acids is 1. The molecule has 0 radical (unpaired) electrons. The van der Waals surface area contributed by atoms with Crippen molar-refractivity contribution in [3.63, 3.8) is 0 Å². The number of hydrogen-bond acceptors (Lipinski definition) is 5. The van der Waals surface area contributed by atoms with Gasteiger partial charge in [-0.25, -0.2) is 0 Å². The molecule has 0 saturated carbocycles. The Balaban J connectivity index is 1.37. The number of aromatic nitrogens is 2. The number of rotatable bonds is 5. The highest BCUT2D eigenvalue weighted by molar-refractivity contribution is 5.94. The third-order valence-electron chi connectivity index (χ3n) is 5.76. The Hall–Kier alpha value is -3.41. The second-order valence-corrected chi connectivity index (χ2v) is 7.81. The molecule has 1 aromatic heterocycles. The minimum atomic E-state index is 0.0545. The molecule has 3 aromatic rings. The van der Waals surface area contributed by atoms with Crippen LogP contribution < -0.4 is 9.64 Å². The number of anilines is 1. The van der Waals surface area contributed by atoms with E-state index in [1.165, 1.54) is 11.1 Å². The fourth-order valence-corrected chi connectivity index (χ4v) is 3.73. The molecule has 0 aliphatic carbocycles. The zero-order valence-corrected chi connectivity index (χ0v) is 18.3. The van der Waals surface area contributed by atoms with Crippen LogP contribution in [0.5, 0.6) is 5.75 Å². The molecule has 6 nitrogen and oxygen atoms in total. The van der Waals surface area contributed by atoms with Gasteiger partial charge in [0.25, 0.3) is 5.91 Å². The lowest BCUT2D eigenvalue weighted by molar-refractivity contribution is 0.0746. The van der Waals surface area contributed by atoms with Crippen LogP contribution in [0.1, 0.15) is 28.4 Å². The van der Waals surface area contributed by atoms with Gasteiger partial charge in [-0.3, -0.25) is 4.79 Å². The molecule has 1 aliphatic heterocycles. The summed E-state index contributed by atoms with van der Waals surface area (Å²) in [5, 5.41) is 8.88. The SMILES string of the molecule is CCOc1ccc(C(=O)N2CCN(c3ccc(-c4ccc(C)c(C)c4)nn3)CC2)cc1. The van der Waals surface area contributed by atoms with Crippen LogP contribution in [0, 0.1) is 13.8 Å². The van der Waals surface area contributed by atoms with Gasteiger partial charge in [0, 0.05) is 37.3 Å². The first kappa shape index (κ1) is 20.8. The predicted octanol–water partition coefficient (Wildman–Crippen LogP) is 4.12. The molecule has 160 valence electrons. The van der Waals surface area contributed by atoms with Gasteiger partial charge in [0.15, 0.2) is 5.82 Å². The van der Waals surface area contributed by atoms with Crippen LogP contribution in [0.3, 0.4) is 0 Å². The smallest absolute Gasteiger partial charge is 0.253 e. The summed E-state index contributed by atoms with van der Waals surface area (Å²) in [5.74, 6) is 1.69. The van der Waals surface area contributed by atoms with Crippen molar-refractivity contribution < 1.29 is 9.53 Å². The van der Waals surface area contributed by atoms with Gasteiger partial charge in [0.1, 0.15) is 5.75 Å². The molecule has 31 heavy (non-hydrogen) atoms. The third kappa shape index (κ3) is 4.68. The van der Waals surface area contributed by atoms with E-state index in [0.717, 1.165) is 35.9 Å². The molecule has 2 aromatic carbocycles. The number of aryl methyl sites for hydroxylation is 2. The molecule has 1 saturated heterocycles. The van der Waals surface area contributed by atoms with Crippen LogP contribution in [0.15, 0.2) is 54.6 Å². The van der Waals surface area contributed by atoms with E-state index in [9.17, 15) is 4.79 Å². The van der Waals surface area contributed by atoms with E-state index in [0.29, 0.717) is 25.3 Å². The quantitative estimate of drug-likeness (QED) is 0.626. The summed E-state index contributed by atoms with van der Waals surface area (Å²) in [6.45, 7) is 9.56. The number of nitrogens with zero attached hydrogens (tertiary/aromatic N) is 4. The molecule has 1 fully saturated rings. The first-order chi connectivity index (χ1) is 15.0. The maximum absolute atomic E-state index is 12.8. The molecule has 1 aliphatic rings. The van der Waals surface area contributed by atoms with Gasteiger partial charge >= 0.3 is 0 Å². The summed E-state index contributed by atoms with van der Waals surface area (Å²) in [5.41, 5.74) is 5.15. The minimum absolute atomic E-state index is 0.0545. The number of benzene rings is 2. The maximum Gasteiger partial charge on any atom is 0.253 e. The maximum atomic E-state index is 12.8. The average molecular weight is 417 g/mol. The first-order valence-corrected chi connectivity index (χ1v) is 10.7. The van der Waals surface area contributed by atoms with E-state index in [4.69, 9.17) is 4.74 Å². The topological polar surface area (TPSA) is 58.6 Å². The zero-order chi connectivity index (χ0) is 21.8. The van der Waals surface area contributed by atoms with Crippen molar-refractivity contribution >= 4 is 11.7 Å². The van der Waals surface area contributed by atoms with Crippen LogP contribution in [0.2, 0.25) is 0 Å². The Kier molecular flexibility index (Phi) is 6.16. The number of hydrogen-bond donors (Lipinski definition) is 0. The summed E-state index contributed by atoms with van der Waals surface area (Å²) in [6.07, 6.45) is 0. The first-order valence-electron chi connectivity index (χ1n) is 10.7. The van der Waals surface area contributed by atoms with Gasteiger partial charge < -0.3 is 14.5 Å². The second kappa shape index (κ2) is 9.16. The Morgan fingerprint density at radius 1 is 0.903 bits per heavy atom. The molecule has 0 unspecified atom stereocenters. The fraction of sp³-hybridized carbons (Fsp3) is 0.320. The van der Waals surface area contributed by atoms with Crippen molar-refractivity contribution in [1.29, 1.82) is 0 Å². The fourth-order valence-electron chi connectivity index (χ4n) is 3.73. The highest BCUT2D eigenvalue weighted by Gasteiger charge is 2.23. The average Bonchev–Trinajstić information content (AvgIpc) is 2.81. The minimum Gasteiger partial charge on any atom is -0.494 e. The number of amides is 1. The van der Waals surface area contributed by atoms with Crippen molar-refractivity contribution in [1.82, 2.24) is 15.1 Å². The summed E-state index contributed by atoms with van der Waals surface area (Å²) < 4.78 is 5.45. The number of piperazine rings is 1. The van der Waals surface area contributed by atoms with Crippen LogP contribution >= 0.6 is 0 Å². The van der Waals surface area contributed by atoms with E-state index < -0.39 is 0 Å². The summed E-state index contributed by atoms with van der Waals surface area (Å²) in [4.78, 5) is 16.9. The van der Waals surface area contributed by atoms with Crippen molar-refractivity contribution in [2.75, 3.05) is 37.7 Å². The van der Waals surface area contributed by atoms with E-state index >= 15 is 0 Å². The molecular weight excluding hydrogens is 388 g/mol. The van der Waals surface area contributed by atoms with Crippen molar-refractivity contribution in [3.8, 4) is 17.0 Å². The molecule has 6 heteroatoms. The van der Waals surface area contributed by atoms with Gasteiger partial charge in [-0.2, -0.15) is 0 Å². The Morgan fingerprint density at radius 2 is 1.65 bits per heavy atom. The van der Waals surface area contributed by atoms with Gasteiger partial charge in [0.05, 0.1) is 12.3 Å². The molecule has 0 bridgehead atoms. The largest absolute Gasteiger partial charge is 0.494 e. The lowest BCUT2D eigenvalue weighted by atomic mass is 10.0. The Labute approximate surface area is 183 Å². The van der Waals surface area contributed by atoms with Gasteiger partial charge in [0.2, 0.25) is 0 Å². The molecule has 0 N–H and O–H groups in total. The molecule has 1 amide bonds. The lowest BCUT2D eigenvalue weighted by Gasteiger charge is -2.35. The molecular formula is C25H28N4O2. The van der Waals surface area contributed by atoms with Crippen LogP contribution in [0.25, 0.3) is 11.3 Å². The molecule has 0 spiro atoms. The number of carbonyl (C=O) groups is 1. The third-order valence-corrected chi connectivity index (χ3v) is 5.76. The number of ether oxygens (including phenoxy) is 1.